The number of carbonyl (C=O) groups is 2. The van der Waals surface area contributed by atoms with Gasteiger partial charge in [0.1, 0.15) is 29.3 Å². The van der Waals surface area contributed by atoms with Crippen LogP contribution in [-0.4, -0.2) is 50.5 Å². The molecule has 0 fully saturated rings. The van der Waals surface area contributed by atoms with E-state index >= 15 is 0 Å². The highest BCUT2D eigenvalue weighted by molar-refractivity contribution is 5.97. The number of hydrogen-bond donors (Lipinski definition) is 4. The summed E-state index contributed by atoms with van der Waals surface area (Å²) in [6, 6.07) is 2.29. The Morgan fingerprint density at radius 3 is 2.46 bits per heavy atom. The number of aliphatic hydroxyl groups excluding tert-OH is 2. The minimum absolute atomic E-state index is 0.0718. The number of rotatable bonds is 0. The molecule has 1 aliphatic heterocycles. The van der Waals surface area contributed by atoms with Crippen LogP contribution in [0.5, 0.6) is 11.5 Å². The van der Waals surface area contributed by atoms with Crippen LogP contribution in [0, 0.1) is 5.92 Å². The molecule has 7 heteroatoms. The summed E-state index contributed by atoms with van der Waals surface area (Å²) in [4.78, 5) is 24.4. The maximum absolute atomic E-state index is 12.5. The third-order valence-corrected chi connectivity index (χ3v) is 4.27. The molecule has 0 bridgehead atoms. The lowest BCUT2D eigenvalue weighted by Gasteiger charge is -2.20. The first-order chi connectivity index (χ1) is 12.2. The van der Waals surface area contributed by atoms with E-state index < -0.39 is 35.8 Å². The Balaban J connectivity index is 2.48. The number of benzene rings is 1. The van der Waals surface area contributed by atoms with Gasteiger partial charge in [0.05, 0.1) is 6.10 Å². The van der Waals surface area contributed by atoms with Crippen LogP contribution >= 0.6 is 0 Å². The van der Waals surface area contributed by atoms with Crippen molar-refractivity contribution < 1.29 is 34.8 Å². The molecule has 0 unspecified atom stereocenters. The highest BCUT2D eigenvalue weighted by Crippen LogP contribution is 2.30. The van der Waals surface area contributed by atoms with Gasteiger partial charge in [-0.05, 0) is 31.1 Å². The summed E-state index contributed by atoms with van der Waals surface area (Å²) in [6.07, 6.45) is 1.84. The number of cyclic esters (lactones) is 1. The van der Waals surface area contributed by atoms with E-state index in [2.05, 4.69) is 0 Å². The van der Waals surface area contributed by atoms with Gasteiger partial charge in [0, 0.05) is 12.0 Å². The van der Waals surface area contributed by atoms with Crippen molar-refractivity contribution in [1.29, 1.82) is 0 Å². The Morgan fingerprint density at radius 2 is 1.77 bits per heavy atom. The van der Waals surface area contributed by atoms with Gasteiger partial charge in [0.2, 0.25) is 0 Å². The molecule has 0 radical (unpaired) electrons. The Hall–Kier alpha value is -2.64. The van der Waals surface area contributed by atoms with Gasteiger partial charge in [-0.15, -0.1) is 0 Å². The second kappa shape index (κ2) is 8.16. The minimum atomic E-state index is -1.58. The number of carbonyl (C=O) groups excluding carboxylic acids is 2. The monoisotopic (exact) mass is 362 g/mol. The summed E-state index contributed by atoms with van der Waals surface area (Å²) in [6.45, 7) is 3.34. The van der Waals surface area contributed by atoms with Crippen molar-refractivity contribution in [3.8, 4) is 11.5 Å². The number of aromatic hydroxyl groups is 2. The summed E-state index contributed by atoms with van der Waals surface area (Å²) in [5, 5.41) is 39.5. The molecule has 7 nitrogen and oxygen atoms in total. The van der Waals surface area contributed by atoms with Crippen LogP contribution in [0.1, 0.15) is 36.2 Å². The van der Waals surface area contributed by atoms with Crippen LogP contribution in [0.25, 0.3) is 6.08 Å². The number of esters is 1. The van der Waals surface area contributed by atoms with E-state index in [9.17, 15) is 30.0 Å². The van der Waals surface area contributed by atoms with E-state index in [0.29, 0.717) is 0 Å². The number of ketones is 1. The van der Waals surface area contributed by atoms with Crippen molar-refractivity contribution in [2.45, 2.75) is 38.6 Å². The predicted octanol–water partition coefficient (Wildman–Crippen LogP) is 1.54. The lowest BCUT2D eigenvalue weighted by Crippen LogP contribution is -2.32. The smallest absolute Gasteiger partial charge is 0.342 e. The molecule has 140 valence electrons. The Kier molecular flexibility index (Phi) is 6.18. The van der Waals surface area contributed by atoms with Gasteiger partial charge in [-0.25, -0.2) is 4.79 Å². The van der Waals surface area contributed by atoms with Crippen molar-refractivity contribution in [2.24, 2.45) is 5.92 Å². The number of ether oxygens (including phenoxy) is 1. The number of fused-ring (bicyclic) bond motifs is 1. The zero-order valence-corrected chi connectivity index (χ0v) is 14.5. The minimum Gasteiger partial charge on any atom is -0.508 e. The molecular formula is C19H22O7. The fourth-order valence-corrected chi connectivity index (χ4v) is 2.48. The van der Waals surface area contributed by atoms with E-state index in [1.807, 2.05) is 0 Å². The van der Waals surface area contributed by atoms with Crippen LogP contribution in [0.3, 0.4) is 0 Å². The third-order valence-electron chi connectivity index (χ3n) is 4.27. The van der Waals surface area contributed by atoms with Crippen LogP contribution in [0.4, 0.5) is 0 Å². The first kappa shape index (κ1) is 19.7. The van der Waals surface area contributed by atoms with Gasteiger partial charge in [-0.1, -0.05) is 25.2 Å². The molecule has 1 heterocycles. The van der Waals surface area contributed by atoms with Gasteiger partial charge < -0.3 is 25.2 Å². The molecule has 4 atom stereocenters. The molecule has 1 aromatic rings. The average Bonchev–Trinajstić information content (AvgIpc) is 2.56. The van der Waals surface area contributed by atoms with E-state index in [1.165, 1.54) is 24.3 Å². The maximum atomic E-state index is 12.5. The Bertz CT molecular complexity index is 750. The molecule has 0 aliphatic carbocycles. The lowest BCUT2D eigenvalue weighted by atomic mass is 9.99. The average molecular weight is 362 g/mol. The van der Waals surface area contributed by atoms with Gasteiger partial charge in [0.25, 0.3) is 0 Å². The molecule has 0 saturated carbocycles. The number of phenols is 2. The number of phenolic OH excluding ortho intramolecular Hbond substituents is 2. The first-order valence-corrected chi connectivity index (χ1v) is 8.22. The quantitative estimate of drug-likeness (QED) is 0.516. The molecule has 1 aromatic carbocycles. The molecule has 2 rings (SSSR count). The van der Waals surface area contributed by atoms with Gasteiger partial charge in [-0.2, -0.15) is 0 Å². The van der Waals surface area contributed by atoms with Crippen molar-refractivity contribution >= 4 is 17.8 Å². The zero-order chi connectivity index (χ0) is 19.4. The topological polar surface area (TPSA) is 124 Å². The number of aliphatic hydroxyl groups is 2. The molecule has 1 aliphatic rings. The normalized spacial score (nSPS) is 30.0. The highest BCUT2D eigenvalue weighted by Gasteiger charge is 2.25. The molecule has 4 N–H and O–H groups in total. The SMILES string of the molecule is C[C@@H]1/C=C\C(=O)[C@@H](O)[C@@H](O)C/C=C/c2cc(O)cc(O)c2C(=O)O[C@H]1C. The molecule has 0 aromatic heterocycles. The molecular weight excluding hydrogens is 340 g/mol. The van der Waals surface area contributed by atoms with Crippen molar-refractivity contribution in [1.82, 2.24) is 0 Å². The van der Waals surface area contributed by atoms with Gasteiger partial charge in [0.15, 0.2) is 5.78 Å². The van der Waals surface area contributed by atoms with E-state index in [0.717, 1.165) is 12.1 Å². The van der Waals surface area contributed by atoms with Crippen molar-refractivity contribution in [3.05, 3.63) is 41.5 Å². The van der Waals surface area contributed by atoms with Crippen LogP contribution in [-0.2, 0) is 9.53 Å². The largest absolute Gasteiger partial charge is 0.508 e. The second-order valence-electron chi connectivity index (χ2n) is 6.31. The van der Waals surface area contributed by atoms with E-state index in [1.54, 1.807) is 13.8 Å². The van der Waals surface area contributed by atoms with Crippen LogP contribution < -0.4 is 0 Å². The van der Waals surface area contributed by atoms with Crippen molar-refractivity contribution in [2.75, 3.05) is 0 Å². The van der Waals surface area contributed by atoms with Gasteiger partial charge in [-0.3, -0.25) is 4.79 Å². The summed E-state index contributed by atoms with van der Waals surface area (Å²) in [5.41, 5.74) is 0.0678. The van der Waals surface area contributed by atoms with E-state index in [4.69, 9.17) is 4.74 Å². The molecule has 26 heavy (non-hydrogen) atoms. The molecule has 0 amide bonds. The summed E-state index contributed by atoms with van der Waals surface area (Å²) >= 11 is 0. The summed E-state index contributed by atoms with van der Waals surface area (Å²) in [7, 11) is 0. The molecule has 0 spiro atoms. The molecule has 0 saturated heterocycles. The van der Waals surface area contributed by atoms with Gasteiger partial charge >= 0.3 is 5.97 Å². The second-order valence-corrected chi connectivity index (χ2v) is 6.31. The Morgan fingerprint density at radius 1 is 1.08 bits per heavy atom. The maximum Gasteiger partial charge on any atom is 0.342 e. The number of hydrogen-bond acceptors (Lipinski definition) is 7. The highest BCUT2D eigenvalue weighted by atomic mass is 16.5. The first-order valence-electron chi connectivity index (χ1n) is 8.22. The fourth-order valence-electron chi connectivity index (χ4n) is 2.48. The summed E-state index contributed by atoms with van der Waals surface area (Å²) in [5.74, 6) is -2.47. The van der Waals surface area contributed by atoms with Crippen molar-refractivity contribution in [3.63, 3.8) is 0 Å². The summed E-state index contributed by atoms with van der Waals surface area (Å²) < 4.78 is 5.35. The van der Waals surface area contributed by atoms with E-state index in [-0.39, 0.29) is 29.2 Å². The fraction of sp³-hybridized carbons (Fsp3) is 0.368. The third kappa shape index (κ3) is 4.50. The zero-order valence-electron chi connectivity index (χ0n) is 14.5. The van der Waals surface area contributed by atoms with Crippen LogP contribution in [0.15, 0.2) is 30.4 Å². The predicted molar refractivity (Wildman–Crippen MR) is 93.6 cm³/mol. The van der Waals surface area contributed by atoms with Crippen LogP contribution in [0.2, 0.25) is 0 Å². The Labute approximate surface area is 150 Å². The standard InChI is InChI=1S/C19H22O7/c1-10-6-7-15(22)18(24)14(21)5-3-4-12-8-13(20)9-16(23)17(12)19(25)26-11(10)2/h3-4,6-11,14,18,20-21,23-24H,5H2,1-2H3/b4-3+,7-6-/t10-,11+,14+,18+/m1/s1. The lowest BCUT2D eigenvalue weighted by molar-refractivity contribution is -0.127.